The van der Waals surface area contributed by atoms with E-state index in [-0.39, 0.29) is 16.7 Å². The Balaban J connectivity index is 2.48. The molecule has 0 saturated carbocycles. The topological polar surface area (TPSA) is 73.8 Å². The molecule has 2 aromatic rings. The highest BCUT2D eigenvalue weighted by atomic mass is 19.4. The largest absolute Gasteiger partial charge is 0.460 e. The van der Waals surface area contributed by atoms with Crippen LogP contribution in [0.25, 0.3) is 11.2 Å². The number of alkyl halides is 9. The quantitative estimate of drug-likeness (QED) is 0.773. The summed E-state index contributed by atoms with van der Waals surface area (Å²) >= 11 is 0. The average molecular weight is 408 g/mol. The number of pyridine rings is 1. The van der Waals surface area contributed by atoms with Crippen molar-refractivity contribution in [2.24, 2.45) is 12.8 Å². The minimum Gasteiger partial charge on any atom is -0.366 e. The van der Waals surface area contributed by atoms with Gasteiger partial charge in [0.15, 0.2) is 5.65 Å². The van der Waals surface area contributed by atoms with Crippen LogP contribution in [0, 0.1) is 0 Å². The number of hydrogen-bond acceptors (Lipinski definition) is 3. The van der Waals surface area contributed by atoms with Gasteiger partial charge in [-0.3, -0.25) is 4.79 Å². The van der Waals surface area contributed by atoms with Crippen molar-refractivity contribution in [1.29, 1.82) is 0 Å². The molecule has 150 valence electrons. The van der Waals surface area contributed by atoms with Crippen LogP contribution in [-0.4, -0.2) is 44.4 Å². The van der Waals surface area contributed by atoms with E-state index in [4.69, 9.17) is 5.73 Å². The number of nitrogens with zero attached hydrogens (tertiary/aromatic N) is 3. The molecule has 5 nitrogen and oxygen atoms in total. The number of halogens is 9. The number of aromatic nitrogens is 3. The van der Waals surface area contributed by atoms with Gasteiger partial charge in [-0.05, 0) is 6.07 Å². The van der Waals surface area contributed by atoms with E-state index in [0.717, 1.165) is 19.3 Å². The van der Waals surface area contributed by atoms with Crippen LogP contribution >= 0.6 is 0 Å². The molecule has 0 unspecified atom stereocenters. The van der Waals surface area contributed by atoms with Gasteiger partial charge >= 0.3 is 23.9 Å². The monoisotopic (exact) mass is 408 g/mol. The van der Waals surface area contributed by atoms with E-state index in [2.05, 4.69) is 9.97 Å². The predicted octanol–water partition coefficient (Wildman–Crippen LogP) is 3.08. The maximum Gasteiger partial charge on any atom is 0.460 e. The molecule has 0 radical (unpaired) electrons. The Morgan fingerprint density at radius 2 is 1.63 bits per heavy atom. The van der Waals surface area contributed by atoms with Gasteiger partial charge in [-0.25, -0.2) is 9.97 Å². The third-order valence-electron chi connectivity index (χ3n) is 3.68. The molecular weight excluding hydrogens is 399 g/mol. The molecule has 0 aliphatic heterocycles. The Hall–Kier alpha value is -2.54. The third kappa shape index (κ3) is 3.16. The highest BCUT2D eigenvalue weighted by molar-refractivity contribution is 5.95. The first-order valence-corrected chi connectivity index (χ1v) is 6.84. The Kier molecular flexibility index (Phi) is 4.61. The lowest BCUT2D eigenvalue weighted by Crippen LogP contribution is -2.61. The van der Waals surface area contributed by atoms with Crippen LogP contribution in [0.15, 0.2) is 12.3 Å². The van der Waals surface area contributed by atoms with Crippen molar-refractivity contribution in [2.75, 3.05) is 0 Å². The number of aryl methyl sites for hydroxylation is 1. The second-order valence-electron chi connectivity index (χ2n) is 5.55. The number of primary amides is 1. The molecule has 0 fully saturated rings. The maximum atomic E-state index is 13.8. The molecule has 0 spiro atoms. The molecule has 0 aliphatic rings. The van der Waals surface area contributed by atoms with Gasteiger partial charge in [0.25, 0.3) is 0 Å². The molecular formula is C13H9F9N4O. The molecule has 14 heteroatoms. The smallest absolute Gasteiger partial charge is 0.366 e. The number of imidazole rings is 1. The molecule has 27 heavy (non-hydrogen) atoms. The second kappa shape index (κ2) is 5.99. The second-order valence-corrected chi connectivity index (χ2v) is 5.55. The molecule has 2 rings (SSSR count). The third-order valence-corrected chi connectivity index (χ3v) is 3.68. The summed E-state index contributed by atoms with van der Waals surface area (Å²) in [5.74, 6) is -21.5. The van der Waals surface area contributed by atoms with Gasteiger partial charge < -0.3 is 10.3 Å². The molecule has 0 saturated heterocycles. The predicted molar refractivity (Wildman–Crippen MR) is 71.6 cm³/mol. The fourth-order valence-corrected chi connectivity index (χ4v) is 2.13. The first-order chi connectivity index (χ1) is 12.0. The summed E-state index contributed by atoms with van der Waals surface area (Å²) in [5.41, 5.74) is 4.28. The number of rotatable bonds is 5. The molecule has 0 aromatic carbocycles. The van der Waals surface area contributed by atoms with Crippen molar-refractivity contribution in [3.05, 3.63) is 23.7 Å². The van der Waals surface area contributed by atoms with Gasteiger partial charge in [0.2, 0.25) is 5.91 Å². The summed E-state index contributed by atoms with van der Waals surface area (Å²) in [6, 6.07) is 0.967. The van der Waals surface area contributed by atoms with Crippen molar-refractivity contribution < 1.29 is 44.3 Å². The van der Waals surface area contributed by atoms with Gasteiger partial charge in [0, 0.05) is 13.2 Å². The Labute approximate surface area is 144 Å². The van der Waals surface area contributed by atoms with Crippen molar-refractivity contribution in [3.8, 4) is 0 Å². The van der Waals surface area contributed by atoms with Gasteiger partial charge in [0.1, 0.15) is 11.3 Å². The van der Waals surface area contributed by atoms with Crippen molar-refractivity contribution in [1.82, 2.24) is 14.5 Å². The van der Waals surface area contributed by atoms with Gasteiger partial charge in [-0.15, -0.1) is 0 Å². The fraction of sp³-hybridized carbons (Fsp3) is 0.462. The highest BCUT2D eigenvalue weighted by Gasteiger charge is 2.81. The molecule has 0 bridgehead atoms. The first kappa shape index (κ1) is 20.8. The van der Waals surface area contributed by atoms with Crippen LogP contribution in [0.5, 0.6) is 0 Å². The molecule has 1 amide bonds. The summed E-state index contributed by atoms with van der Waals surface area (Å²) in [5, 5.41) is 0. The maximum absolute atomic E-state index is 13.8. The van der Waals surface area contributed by atoms with E-state index in [1.54, 1.807) is 0 Å². The zero-order valence-corrected chi connectivity index (χ0v) is 13.1. The van der Waals surface area contributed by atoms with Crippen molar-refractivity contribution in [3.63, 3.8) is 0 Å². The van der Waals surface area contributed by atoms with Crippen LogP contribution in [0.2, 0.25) is 0 Å². The molecule has 0 aliphatic carbocycles. The number of carbonyl (C=O) groups excluding carboxylic acids is 1. The molecule has 2 heterocycles. The van der Waals surface area contributed by atoms with Crippen LogP contribution in [0.3, 0.4) is 0 Å². The van der Waals surface area contributed by atoms with Crippen LogP contribution in [-0.2, 0) is 13.5 Å². The SMILES string of the molecule is Cn1c(CC(F)(F)C(F)(F)C(F)(F)C(F)(F)F)nc2cc(C(N)=O)cnc21. The number of carbonyl (C=O) groups is 1. The Bertz CT molecular complexity index is 888. The van der Waals surface area contributed by atoms with Crippen molar-refractivity contribution in [2.45, 2.75) is 30.4 Å². The highest BCUT2D eigenvalue weighted by Crippen LogP contribution is 2.53. The Morgan fingerprint density at radius 3 is 2.11 bits per heavy atom. The minimum absolute atomic E-state index is 0.211. The zero-order chi connectivity index (χ0) is 21.0. The van der Waals surface area contributed by atoms with Crippen LogP contribution in [0.4, 0.5) is 39.5 Å². The first-order valence-electron chi connectivity index (χ1n) is 6.84. The van der Waals surface area contributed by atoms with Crippen LogP contribution < -0.4 is 5.73 Å². The fourth-order valence-electron chi connectivity index (χ4n) is 2.13. The summed E-state index contributed by atoms with van der Waals surface area (Å²) < 4.78 is 117. The summed E-state index contributed by atoms with van der Waals surface area (Å²) in [6.45, 7) is 0. The van der Waals surface area contributed by atoms with E-state index in [9.17, 15) is 44.3 Å². The van der Waals surface area contributed by atoms with Gasteiger partial charge in [0.05, 0.1) is 12.0 Å². The zero-order valence-electron chi connectivity index (χ0n) is 13.1. The lowest BCUT2D eigenvalue weighted by molar-refractivity contribution is -0.395. The molecule has 0 atom stereocenters. The van der Waals surface area contributed by atoms with Crippen LogP contribution in [0.1, 0.15) is 16.2 Å². The van der Waals surface area contributed by atoms with E-state index in [1.165, 1.54) is 0 Å². The minimum atomic E-state index is -6.98. The summed E-state index contributed by atoms with van der Waals surface area (Å²) in [7, 11) is 0.998. The molecule has 2 aromatic heterocycles. The average Bonchev–Trinajstić information content (AvgIpc) is 2.80. The van der Waals surface area contributed by atoms with Gasteiger partial charge in [-0.1, -0.05) is 0 Å². The Morgan fingerprint density at radius 1 is 1.07 bits per heavy atom. The lowest BCUT2D eigenvalue weighted by Gasteiger charge is -2.33. The van der Waals surface area contributed by atoms with E-state index in [1.807, 2.05) is 0 Å². The normalized spacial score (nSPS) is 14.0. The van der Waals surface area contributed by atoms with E-state index >= 15 is 0 Å². The number of nitrogens with two attached hydrogens (primary N) is 1. The van der Waals surface area contributed by atoms with Gasteiger partial charge in [-0.2, -0.15) is 39.5 Å². The van der Waals surface area contributed by atoms with E-state index < -0.39 is 42.1 Å². The number of fused-ring (bicyclic) bond motifs is 1. The summed E-state index contributed by atoms with van der Waals surface area (Å²) in [6.07, 6.45) is -8.23. The molecule has 2 N–H and O–H groups in total. The standard InChI is InChI=1S/C13H9F9N4O/c1-26-7(25-6-2-5(8(23)27)4-24-9(6)26)3-10(14,15)11(16,17)12(18,19)13(20,21)22/h2,4H,3H2,1H3,(H2,23,27). The number of amides is 1. The number of hydrogen-bond donors (Lipinski definition) is 1. The van der Waals surface area contributed by atoms with E-state index in [0.29, 0.717) is 4.57 Å². The van der Waals surface area contributed by atoms with Crippen molar-refractivity contribution >= 4 is 17.1 Å². The summed E-state index contributed by atoms with van der Waals surface area (Å²) in [4.78, 5) is 18.1. The lowest BCUT2D eigenvalue weighted by atomic mass is 10.0.